The summed E-state index contributed by atoms with van der Waals surface area (Å²) in [7, 11) is 0. The highest BCUT2D eigenvalue weighted by Gasteiger charge is 2.34. The smallest absolute Gasteiger partial charge is 0.219 e. The molecule has 0 N–H and O–H groups in total. The van der Waals surface area contributed by atoms with Crippen molar-refractivity contribution in [2.45, 2.75) is 51.1 Å². The lowest BCUT2D eigenvalue weighted by Gasteiger charge is -2.30. The van der Waals surface area contributed by atoms with Gasteiger partial charge in [-0.15, -0.1) is 0 Å². The Morgan fingerprint density at radius 2 is 2.17 bits per heavy atom. The number of carbonyl (C=O) groups is 1. The Hall–Kier alpha value is -0.220. The number of carbonyl (C=O) groups excluding carboxylic acids is 1. The van der Waals surface area contributed by atoms with E-state index in [0.717, 1.165) is 6.54 Å². The minimum atomic E-state index is 0.272. The second-order valence-corrected chi connectivity index (χ2v) is 6.57. The van der Waals surface area contributed by atoms with Crippen LogP contribution in [-0.4, -0.2) is 59.4 Å². The molecule has 0 aromatic rings. The van der Waals surface area contributed by atoms with Crippen LogP contribution in [0.5, 0.6) is 0 Å². The van der Waals surface area contributed by atoms with Crippen molar-refractivity contribution >= 4 is 17.7 Å². The minimum Gasteiger partial charge on any atom is -0.338 e. The molecule has 18 heavy (non-hydrogen) atoms. The molecule has 1 unspecified atom stereocenters. The van der Waals surface area contributed by atoms with Crippen molar-refractivity contribution < 1.29 is 4.79 Å². The zero-order valence-corrected chi connectivity index (χ0v) is 12.5. The SMILES string of the molecule is CSCCCN1CCCC1CN(C(C)=O)C1CC1. The fourth-order valence-electron chi connectivity index (χ4n) is 2.96. The van der Waals surface area contributed by atoms with Gasteiger partial charge in [0.2, 0.25) is 5.91 Å². The predicted molar refractivity (Wildman–Crippen MR) is 78.0 cm³/mol. The van der Waals surface area contributed by atoms with Gasteiger partial charge < -0.3 is 4.90 Å². The molecule has 3 nitrogen and oxygen atoms in total. The van der Waals surface area contributed by atoms with Gasteiger partial charge in [-0.3, -0.25) is 9.69 Å². The molecule has 1 amide bonds. The van der Waals surface area contributed by atoms with Gasteiger partial charge in [0.15, 0.2) is 0 Å². The van der Waals surface area contributed by atoms with Crippen LogP contribution in [0.2, 0.25) is 0 Å². The van der Waals surface area contributed by atoms with Crippen LogP contribution in [0.15, 0.2) is 0 Å². The van der Waals surface area contributed by atoms with Crippen molar-refractivity contribution in [3.05, 3.63) is 0 Å². The Morgan fingerprint density at radius 1 is 1.39 bits per heavy atom. The first-order chi connectivity index (χ1) is 8.72. The molecular weight excluding hydrogens is 244 g/mol. The largest absolute Gasteiger partial charge is 0.338 e. The summed E-state index contributed by atoms with van der Waals surface area (Å²) >= 11 is 1.93. The van der Waals surface area contributed by atoms with Gasteiger partial charge in [-0.1, -0.05) is 0 Å². The number of hydrogen-bond acceptors (Lipinski definition) is 3. The number of hydrogen-bond donors (Lipinski definition) is 0. The molecule has 4 heteroatoms. The zero-order chi connectivity index (χ0) is 13.0. The number of thioether (sulfide) groups is 1. The zero-order valence-electron chi connectivity index (χ0n) is 11.7. The van der Waals surface area contributed by atoms with Crippen LogP contribution in [0.3, 0.4) is 0 Å². The Morgan fingerprint density at radius 3 is 2.78 bits per heavy atom. The van der Waals surface area contributed by atoms with Crippen molar-refractivity contribution in [2.24, 2.45) is 0 Å². The van der Waals surface area contributed by atoms with E-state index in [1.165, 1.54) is 50.9 Å². The van der Waals surface area contributed by atoms with Crippen molar-refractivity contribution in [1.82, 2.24) is 9.80 Å². The summed E-state index contributed by atoms with van der Waals surface area (Å²) in [6.07, 6.45) is 8.47. The second-order valence-electron chi connectivity index (χ2n) is 5.58. The van der Waals surface area contributed by atoms with E-state index in [1.54, 1.807) is 6.92 Å². The molecule has 1 saturated heterocycles. The van der Waals surface area contributed by atoms with Gasteiger partial charge in [0, 0.05) is 25.6 Å². The first kappa shape index (κ1) is 14.2. The Labute approximate surface area is 115 Å². The Kier molecular flexibility index (Phi) is 5.37. The Balaban J connectivity index is 1.80. The molecule has 0 aromatic carbocycles. The van der Waals surface area contributed by atoms with Gasteiger partial charge in [-0.25, -0.2) is 0 Å². The molecule has 0 spiro atoms. The van der Waals surface area contributed by atoms with E-state index in [-0.39, 0.29) is 5.91 Å². The third-order valence-corrected chi connectivity index (χ3v) is 4.79. The monoisotopic (exact) mass is 270 g/mol. The van der Waals surface area contributed by atoms with E-state index in [2.05, 4.69) is 16.1 Å². The number of likely N-dealkylation sites (tertiary alicyclic amines) is 1. The number of nitrogens with zero attached hydrogens (tertiary/aromatic N) is 2. The highest BCUT2D eigenvalue weighted by Crippen LogP contribution is 2.29. The van der Waals surface area contributed by atoms with Gasteiger partial charge in [-0.2, -0.15) is 11.8 Å². The van der Waals surface area contributed by atoms with Crippen LogP contribution in [-0.2, 0) is 4.79 Å². The lowest BCUT2D eigenvalue weighted by molar-refractivity contribution is -0.130. The van der Waals surface area contributed by atoms with E-state index in [1.807, 2.05) is 11.8 Å². The van der Waals surface area contributed by atoms with Gasteiger partial charge in [-0.05, 0) is 57.2 Å². The molecule has 0 bridgehead atoms. The fraction of sp³-hybridized carbons (Fsp3) is 0.929. The lowest BCUT2D eigenvalue weighted by Crippen LogP contribution is -2.43. The number of rotatable bonds is 7. The quantitative estimate of drug-likeness (QED) is 0.663. The van der Waals surface area contributed by atoms with E-state index in [4.69, 9.17) is 0 Å². The normalized spacial score (nSPS) is 24.4. The molecule has 0 aromatic heterocycles. The molecule has 0 radical (unpaired) electrons. The first-order valence-electron chi connectivity index (χ1n) is 7.22. The van der Waals surface area contributed by atoms with Crippen molar-refractivity contribution in [3.63, 3.8) is 0 Å². The lowest BCUT2D eigenvalue weighted by atomic mass is 10.2. The average Bonchev–Trinajstić information content (AvgIpc) is 3.08. The average molecular weight is 270 g/mol. The van der Waals surface area contributed by atoms with Crippen LogP contribution >= 0.6 is 11.8 Å². The molecule has 1 aliphatic carbocycles. The third kappa shape index (κ3) is 3.89. The minimum absolute atomic E-state index is 0.272. The van der Waals surface area contributed by atoms with Crippen LogP contribution in [0, 0.1) is 0 Å². The highest BCUT2D eigenvalue weighted by atomic mass is 32.2. The van der Waals surface area contributed by atoms with Crippen LogP contribution in [0.4, 0.5) is 0 Å². The summed E-state index contributed by atoms with van der Waals surface area (Å²) in [5, 5.41) is 0. The van der Waals surface area contributed by atoms with E-state index in [0.29, 0.717) is 12.1 Å². The van der Waals surface area contributed by atoms with Gasteiger partial charge >= 0.3 is 0 Å². The summed E-state index contributed by atoms with van der Waals surface area (Å²) in [6, 6.07) is 1.19. The maximum Gasteiger partial charge on any atom is 0.219 e. The molecule has 2 fully saturated rings. The summed E-state index contributed by atoms with van der Waals surface area (Å²) in [5.74, 6) is 1.52. The van der Waals surface area contributed by atoms with E-state index in [9.17, 15) is 4.79 Å². The maximum absolute atomic E-state index is 11.7. The van der Waals surface area contributed by atoms with Crippen LogP contribution in [0.1, 0.15) is 39.0 Å². The summed E-state index contributed by atoms with van der Waals surface area (Å²) in [6.45, 7) is 5.14. The molecule has 104 valence electrons. The fourth-order valence-corrected chi connectivity index (χ4v) is 3.37. The predicted octanol–water partition coefficient (Wildman–Crippen LogP) is 2.21. The maximum atomic E-state index is 11.7. The second kappa shape index (κ2) is 6.80. The molecule has 2 rings (SSSR count). The van der Waals surface area contributed by atoms with Gasteiger partial charge in [0.05, 0.1) is 0 Å². The molecule has 1 saturated carbocycles. The van der Waals surface area contributed by atoms with Crippen LogP contribution in [0.25, 0.3) is 0 Å². The standard InChI is InChI=1S/C14H26N2OS/c1-12(17)16(13-6-7-13)11-14-5-3-8-15(14)9-4-10-18-2/h13-14H,3-11H2,1-2H3. The molecule has 1 heterocycles. The third-order valence-electron chi connectivity index (χ3n) is 4.09. The van der Waals surface area contributed by atoms with Crippen molar-refractivity contribution in [3.8, 4) is 0 Å². The van der Waals surface area contributed by atoms with E-state index >= 15 is 0 Å². The summed E-state index contributed by atoms with van der Waals surface area (Å²) in [4.78, 5) is 16.4. The molecular formula is C14H26N2OS. The highest BCUT2D eigenvalue weighted by molar-refractivity contribution is 7.98. The van der Waals surface area contributed by atoms with Crippen molar-refractivity contribution in [2.75, 3.05) is 31.6 Å². The number of amides is 1. The topological polar surface area (TPSA) is 23.6 Å². The molecule has 1 aliphatic heterocycles. The summed E-state index contributed by atoms with van der Waals surface area (Å²) < 4.78 is 0. The molecule has 1 atom stereocenters. The summed E-state index contributed by atoms with van der Waals surface area (Å²) in [5.41, 5.74) is 0. The Bertz CT molecular complexity index is 281. The molecule has 2 aliphatic rings. The van der Waals surface area contributed by atoms with Gasteiger partial charge in [0.1, 0.15) is 0 Å². The van der Waals surface area contributed by atoms with E-state index < -0.39 is 0 Å². The first-order valence-corrected chi connectivity index (χ1v) is 8.62. The van der Waals surface area contributed by atoms with Gasteiger partial charge in [0.25, 0.3) is 0 Å². The van der Waals surface area contributed by atoms with Crippen LogP contribution < -0.4 is 0 Å². The van der Waals surface area contributed by atoms with Crippen molar-refractivity contribution in [1.29, 1.82) is 0 Å².